The Morgan fingerprint density at radius 2 is 2.11 bits per heavy atom. The lowest BCUT2D eigenvalue weighted by Gasteiger charge is -2.15. The first-order valence-corrected chi connectivity index (χ1v) is 6.88. The van der Waals surface area contributed by atoms with E-state index in [2.05, 4.69) is 40.5 Å². The lowest BCUT2D eigenvalue weighted by atomic mass is 10.4. The monoisotopic (exact) mass is 280 g/mol. The maximum absolute atomic E-state index is 11.5. The second-order valence-corrected chi connectivity index (χ2v) is 5.01. The zero-order valence-electron chi connectivity index (χ0n) is 10.0. The van der Waals surface area contributed by atoms with Crippen LogP contribution in [0.25, 0.3) is 0 Å². The van der Waals surface area contributed by atoms with Crippen molar-refractivity contribution in [3.8, 4) is 0 Å². The van der Waals surface area contributed by atoms with E-state index in [0.29, 0.717) is 22.7 Å². The summed E-state index contributed by atoms with van der Waals surface area (Å²) in [6, 6.07) is 0. The van der Waals surface area contributed by atoms with Crippen LogP contribution in [0.4, 0.5) is 5.95 Å². The second-order valence-electron chi connectivity index (χ2n) is 4.07. The molecule has 1 aliphatic rings. The average Bonchev–Trinajstić information content (AvgIpc) is 3.09. The highest BCUT2D eigenvalue weighted by Gasteiger charge is 2.16. The SMILES string of the molecule is O=c1nc(SCc2nn[nH]n2)nc(N2CCCC2)[nH]1. The van der Waals surface area contributed by atoms with E-state index in [9.17, 15) is 4.79 Å². The molecule has 100 valence electrons. The summed E-state index contributed by atoms with van der Waals surface area (Å²) < 4.78 is 0. The number of hydrogen-bond donors (Lipinski definition) is 2. The van der Waals surface area contributed by atoms with Crippen molar-refractivity contribution in [3.63, 3.8) is 0 Å². The molecule has 3 heterocycles. The van der Waals surface area contributed by atoms with Gasteiger partial charge in [0, 0.05) is 13.1 Å². The fourth-order valence-corrected chi connectivity index (χ4v) is 2.55. The third-order valence-corrected chi connectivity index (χ3v) is 3.59. The van der Waals surface area contributed by atoms with E-state index in [1.54, 1.807) is 0 Å². The standard InChI is InChI=1S/C9H12N8OS/c18-8-10-7(17-3-1-2-4-17)11-9(12-8)19-5-6-13-15-16-14-6/h1-5H2,(H,10,11,12,18)(H,13,14,15,16). The Labute approximate surface area is 112 Å². The van der Waals surface area contributed by atoms with Crippen LogP contribution in [-0.2, 0) is 5.75 Å². The van der Waals surface area contributed by atoms with Crippen LogP contribution in [0.1, 0.15) is 18.7 Å². The van der Waals surface area contributed by atoms with Crippen LogP contribution in [-0.4, -0.2) is 48.7 Å². The van der Waals surface area contributed by atoms with Crippen LogP contribution in [0, 0.1) is 0 Å². The topological polar surface area (TPSA) is 116 Å². The number of aromatic amines is 2. The molecule has 1 saturated heterocycles. The quantitative estimate of drug-likeness (QED) is 0.725. The molecule has 0 atom stereocenters. The van der Waals surface area contributed by atoms with Crippen molar-refractivity contribution in [1.29, 1.82) is 0 Å². The molecular formula is C9H12N8OS. The first-order valence-electron chi connectivity index (χ1n) is 5.90. The van der Waals surface area contributed by atoms with E-state index in [1.165, 1.54) is 11.8 Å². The van der Waals surface area contributed by atoms with Gasteiger partial charge in [0.25, 0.3) is 0 Å². The van der Waals surface area contributed by atoms with Crippen molar-refractivity contribution in [2.45, 2.75) is 23.8 Å². The third kappa shape index (κ3) is 2.89. The average molecular weight is 280 g/mol. The van der Waals surface area contributed by atoms with E-state index in [0.717, 1.165) is 25.9 Å². The summed E-state index contributed by atoms with van der Waals surface area (Å²) in [5, 5.41) is 13.9. The van der Waals surface area contributed by atoms with E-state index in [1.807, 2.05) is 0 Å². The van der Waals surface area contributed by atoms with Gasteiger partial charge in [0.2, 0.25) is 5.95 Å². The molecule has 1 fully saturated rings. The van der Waals surface area contributed by atoms with E-state index in [4.69, 9.17) is 0 Å². The number of tetrazole rings is 1. The molecule has 0 amide bonds. The lowest BCUT2D eigenvalue weighted by Crippen LogP contribution is -2.25. The highest BCUT2D eigenvalue weighted by molar-refractivity contribution is 7.98. The summed E-state index contributed by atoms with van der Waals surface area (Å²) in [5.41, 5.74) is -0.382. The fourth-order valence-electron chi connectivity index (χ4n) is 1.87. The van der Waals surface area contributed by atoms with E-state index >= 15 is 0 Å². The lowest BCUT2D eigenvalue weighted by molar-refractivity contribution is 0.801. The van der Waals surface area contributed by atoms with E-state index < -0.39 is 0 Å². The molecule has 1 aliphatic heterocycles. The molecule has 2 N–H and O–H groups in total. The highest BCUT2D eigenvalue weighted by Crippen LogP contribution is 2.19. The van der Waals surface area contributed by atoms with Gasteiger partial charge in [-0.25, -0.2) is 4.79 Å². The first kappa shape index (κ1) is 12.1. The van der Waals surface area contributed by atoms with Crippen LogP contribution >= 0.6 is 11.8 Å². The molecule has 3 rings (SSSR count). The minimum atomic E-state index is -0.382. The van der Waals surface area contributed by atoms with Crippen LogP contribution in [0.5, 0.6) is 0 Å². The summed E-state index contributed by atoms with van der Waals surface area (Å²) in [5.74, 6) is 1.61. The van der Waals surface area contributed by atoms with Gasteiger partial charge in [-0.05, 0) is 12.8 Å². The summed E-state index contributed by atoms with van der Waals surface area (Å²) in [4.78, 5) is 24.4. The molecule has 2 aromatic rings. The van der Waals surface area contributed by atoms with Gasteiger partial charge in [-0.15, -0.1) is 10.2 Å². The van der Waals surface area contributed by atoms with Crippen LogP contribution in [0.15, 0.2) is 9.95 Å². The highest BCUT2D eigenvalue weighted by atomic mass is 32.2. The summed E-state index contributed by atoms with van der Waals surface area (Å²) in [6.45, 7) is 1.84. The maximum atomic E-state index is 11.5. The van der Waals surface area contributed by atoms with Crippen molar-refractivity contribution in [3.05, 3.63) is 16.3 Å². The predicted octanol–water partition coefficient (Wildman–Crippen LogP) is -0.430. The first-order chi connectivity index (χ1) is 9.31. The van der Waals surface area contributed by atoms with Crippen molar-refractivity contribution < 1.29 is 0 Å². The molecule has 0 aromatic carbocycles. The number of hydrogen-bond acceptors (Lipinski definition) is 8. The zero-order valence-corrected chi connectivity index (χ0v) is 10.9. The molecule has 0 saturated carbocycles. The molecule has 0 radical (unpaired) electrons. The molecule has 0 bridgehead atoms. The number of H-pyrrole nitrogens is 2. The maximum Gasteiger partial charge on any atom is 0.350 e. The van der Waals surface area contributed by atoms with Crippen molar-refractivity contribution in [1.82, 2.24) is 35.6 Å². The molecule has 19 heavy (non-hydrogen) atoms. The van der Waals surface area contributed by atoms with Gasteiger partial charge >= 0.3 is 5.69 Å². The van der Waals surface area contributed by atoms with E-state index in [-0.39, 0.29) is 5.69 Å². The smallest absolute Gasteiger partial charge is 0.342 e. The van der Waals surface area contributed by atoms with Crippen molar-refractivity contribution in [2.75, 3.05) is 18.0 Å². The van der Waals surface area contributed by atoms with Crippen LogP contribution < -0.4 is 10.6 Å². The van der Waals surface area contributed by atoms with Gasteiger partial charge < -0.3 is 4.90 Å². The number of thioether (sulfide) groups is 1. The fraction of sp³-hybridized carbons (Fsp3) is 0.556. The Balaban J connectivity index is 1.75. The van der Waals surface area contributed by atoms with Crippen LogP contribution in [0.2, 0.25) is 0 Å². The number of aromatic nitrogens is 7. The van der Waals surface area contributed by atoms with Gasteiger partial charge in [-0.1, -0.05) is 17.0 Å². The predicted molar refractivity (Wildman–Crippen MR) is 67.8 cm³/mol. The molecule has 0 spiro atoms. The molecule has 9 nitrogen and oxygen atoms in total. The number of nitrogens with zero attached hydrogens (tertiary/aromatic N) is 6. The largest absolute Gasteiger partial charge is 0.350 e. The molecule has 0 unspecified atom stereocenters. The summed E-state index contributed by atoms with van der Waals surface area (Å²) in [7, 11) is 0. The van der Waals surface area contributed by atoms with Gasteiger partial charge in [0.15, 0.2) is 11.0 Å². The Morgan fingerprint density at radius 1 is 1.26 bits per heavy atom. The van der Waals surface area contributed by atoms with Gasteiger partial charge in [0.05, 0.1) is 5.75 Å². The Morgan fingerprint density at radius 3 is 2.84 bits per heavy atom. The minimum absolute atomic E-state index is 0.382. The Hall–Kier alpha value is -1.97. The molecule has 0 aliphatic carbocycles. The summed E-state index contributed by atoms with van der Waals surface area (Å²) >= 11 is 1.31. The Bertz CT molecular complexity index is 591. The molecule has 10 heteroatoms. The van der Waals surface area contributed by atoms with Crippen molar-refractivity contribution in [2.24, 2.45) is 0 Å². The zero-order chi connectivity index (χ0) is 13.1. The van der Waals surface area contributed by atoms with Crippen LogP contribution in [0.3, 0.4) is 0 Å². The van der Waals surface area contributed by atoms with Crippen molar-refractivity contribution >= 4 is 17.7 Å². The third-order valence-electron chi connectivity index (χ3n) is 2.74. The number of anilines is 1. The number of rotatable bonds is 4. The molecular weight excluding hydrogens is 268 g/mol. The van der Waals surface area contributed by atoms with Gasteiger partial charge in [-0.2, -0.15) is 15.2 Å². The van der Waals surface area contributed by atoms with Gasteiger partial charge in [-0.3, -0.25) is 4.98 Å². The molecule has 2 aromatic heterocycles. The number of nitrogens with one attached hydrogen (secondary N) is 2. The second kappa shape index (κ2) is 5.34. The summed E-state index contributed by atoms with van der Waals surface area (Å²) in [6.07, 6.45) is 2.24. The Kier molecular flexibility index (Phi) is 3.40. The minimum Gasteiger partial charge on any atom is -0.342 e. The normalized spacial score (nSPS) is 15.1. The van der Waals surface area contributed by atoms with Gasteiger partial charge in [0.1, 0.15) is 0 Å².